The number of hydrogen-bond acceptors (Lipinski definition) is 0. The van der Waals surface area contributed by atoms with Crippen molar-refractivity contribution in [1.29, 1.82) is 0 Å². The first-order valence-electron chi connectivity index (χ1n) is 4.09. The molecule has 0 aromatic rings. The Labute approximate surface area is 79.9 Å². The van der Waals surface area contributed by atoms with Gasteiger partial charge >= 0.3 is 0 Å². The highest BCUT2D eigenvalue weighted by molar-refractivity contribution is 6.31. The van der Waals surface area contributed by atoms with Crippen molar-refractivity contribution in [2.45, 2.75) is 26.7 Å². The number of allylic oxidation sites excluding steroid dienone is 4. The van der Waals surface area contributed by atoms with E-state index < -0.39 is 0 Å². The summed E-state index contributed by atoms with van der Waals surface area (Å²) in [5.41, 5.74) is 4.13. The summed E-state index contributed by atoms with van der Waals surface area (Å²) in [5.74, 6) is 0. The SMILES string of the molecule is C=CC/C(C)=C(/Cl)C=C=CCC. The lowest BCUT2D eigenvalue weighted by Crippen LogP contribution is -1.74. The molecule has 0 unspecified atom stereocenters. The molecule has 0 bridgehead atoms. The zero-order valence-electron chi connectivity index (χ0n) is 7.73. The summed E-state index contributed by atoms with van der Waals surface area (Å²) >= 11 is 5.94. The van der Waals surface area contributed by atoms with Crippen LogP contribution in [0.1, 0.15) is 26.7 Å². The second kappa shape index (κ2) is 6.97. The van der Waals surface area contributed by atoms with E-state index in [1.165, 1.54) is 0 Å². The quantitative estimate of drug-likeness (QED) is 0.347. The van der Waals surface area contributed by atoms with Crippen molar-refractivity contribution in [3.05, 3.63) is 41.1 Å². The number of hydrogen-bond donors (Lipinski definition) is 0. The summed E-state index contributed by atoms with van der Waals surface area (Å²) in [6, 6.07) is 0. The van der Waals surface area contributed by atoms with Gasteiger partial charge in [0.25, 0.3) is 0 Å². The van der Waals surface area contributed by atoms with Gasteiger partial charge < -0.3 is 0 Å². The maximum atomic E-state index is 5.94. The Morgan fingerprint density at radius 2 is 2.25 bits per heavy atom. The van der Waals surface area contributed by atoms with E-state index in [9.17, 15) is 0 Å². The van der Waals surface area contributed by atoms with Crippen molar-refractivity contribution >= 4 is 11.6 Å². The van der Waals surface area contributed by atoms with Gasteiger partial charge in [0.1, 0.15) is 0 Å². The molecule has 1 heteroatoms. The lowest BCUT2D eigenvalue weighted by Gasteiger charge is -1.95. The smallest absolute Gasteiger partial charge is 0.0475 e. The van der Waals surface area contributed by atoms with Gasteiger partial charge in [-0.05, 0) is 31.9 Å². The number of halogens is 1. The average molecular weight is 183 g/mol. The highest BCUT2D eigenvalue weighted by atomic mass is 35.5. The molecule has 0 aliphatic heterocycles. The van der Waals surface area contributed by atoms with Crippen LogP contribution in [0.25, 0.3) is 0 Å². The maximum Gasteiger partial charge on any atom is 0.0475 e. The molecule has 0 N–H and O–H groups in total. The van der Waals surface area contributed by atoms with Crippen molar-refractivity contribution in [1.82, 2.24) is 0 Å². The summed E-state index contributed by atoms with van der Waals surface area (Å²) < 4.78 is 0. The Morgan fingerprint density at radius 1 is 1.58 bits per heavy atom. The molecule has 0 amide bonds. The highest BCUT2D eigenvalue weighted by Gasteiger charge is 1.91. The van der Waals surface area contributed by atoms with Crippen LogP contribution in [0.3, 0.4) is 0 Å². The van der Waals surface area contributed by atoms with Gasteiger partial charge in [-0.3, -0.25) is 0 Å². The van der Waals surface area contributed by atoms with Gasteiger partial charge in [-0.1, -0.05) is 30.2 Å². The largest absolute Gasteiger partial charge is 0.124 e. The van der Waals surface area contributed by atoms with Crippen molar-refractivity contribution in [2.24, 2.45) is 0 Å². The van der Waals surface area contributed by atoms with Gasteiger partial charge in [-0.25, -0.2) is 0 Å². The molecule has 0 aromatic carbocycles. The molecule has 0 fully saturated rings. The molecule has 0 atom stereocenters. The maximum absolute atomic E-state index is 5.94. The first-order valence-corrected chi connectivity index (χ1v) is 4.47. The zero-order valence-corrected chi connectivity index (χ0v) is 8.49. The molecule has 0 heterocycles. The molecule has 12 heavy (non-hydrogen) atoms. The molecule has 0 rings (SSSR count). The summed E-state index contributed by atoms with van der Waals surface area (Å²) in [4.78, 5) is 0. The topological polar surface area (TPSA) is 0 Å². The van der Waals surface area contributed by atoms with Crippen molar-refractivity contribution in [3.8, 4) is 0 Å². The van der Waals surface area contributed by atoms with Crippen LogP contribution in [0, 0.1) is 0 Å². The van der Waals surface area contributed by atoms with Gasteiger partial charge in [0.2, 0.25) is 0 Å². The molecule has 0 radical (unpaired) electrons. The molecular weight excluding hydrogens is 168 g/mol. The highest BCUT2D eigenvalue weighted by Crippen LogP contribution is 2.13. The normalized spacial score (nSPS) is 11.2. The Bertz CT molecular complexity index is 227. The second-order valence-electron chi connectivity index (χ2n) is 2.54. The van der Waals surface area contributed by atoms with Crippen LogP contribution in [-0.2, 0) is 0 Å². The first-order chi connectivity index (χ1) is 5.72. The molecule has 0 aliphatic carbocycles. The minimum atomic E-state index is 0.764. The van der Waals surface area contributed by atoms with Crippen LogP contribution >= 0.6 is 11.6 Å². The van der Waals surface area contributed by atoms with E-state index in [0.717, 1.165) is 23.4 Å². The van der Waals surface area contributed by atoms with E-state index >= 15 is 0 Å². The van der Waals surface area contributed by atoms with Crippen LogP contribution in [0.5, 0.6) is 0 Å². The third kappa shape index (κ3) is 5.01. The third-order valence-corrected chi connectivity index (χ3v) is 1.82. The van der Waals surface area contributed by atoms with Gasteiger partial charge in [0, 0.05) is 5.03 Å². The fourth-order valence-corrected chi connectivity index (χ4v) is 0.827. The lowest BCUT2D eigenvalue weighted by atomic mass is 10.2. The molecule has 0 spiro atoms. The van der Waals surface area contributed by atoms with Crippen LogP contribution in [0.2, 0.25) is 0 Å². The Balaban J connectivity index is 4.34. The van der Waals surface area contributed by atoms with Gasteiger partial charge in [-0.2, -0.15) is 0 Å². The van der Waals surface area contributed by atoms with Crippen molar-refractivity contribution in [3.63, 3.8) is 0 Å². The van der Waals surface area contributed by atoms with E-state index in [1.54, 1.807) is 6.08 Å². The van der Waals surface area contributed by atoms with Crippen molar-refractivity contribution < 1.29 is 0 Å². The minimum Gasteiger partial charge on any atom is -0.124 e. The molecule has 0 saturated heterocycles. The summed E-state index contributed by atoms with van der Waals surface area (Å²) in [6.45, 7) is 7.70. The van der Waals surface area contributed by atoms with E-state index in [4.69, 9.17) is 11.6 Å². The predicted octanol–water partition coefficient (Wildman–Crippen LogP) is 4.20. The summed E-state index contributed by atoms with van der Waals surface area (Å²) in [7, 11) is 0. The Hall–Kier alpha value is -0.710. The molecule has 0 aromatic heterocycles. The van der Waals surface area contributed by atoms with Crippen molar-refractivity contribution in [2.75, 3.05) is 0 Å². The molecule has 0 nitrogen and oxygen atoms in total. The molecule has 0 aliphatic rings. The average Bonchev–Trinajstić information content (AvgIpc) is 2.05. The monoisotopic (exact) mass is 182 g/mol. The molecular formula is C11H15Cl. The first kappa shape index (κ1) is 11.3. The van der Waals surface area contributed by atoms with Gasteiger partial charge in [0.15, 0.2) is 0 Å². The standard InChI is InChI=1S/C11H15Cl/c1-4-6-7-9-11(12)10(3)8-5-2/h5-6,9H,2,4,8H2,1,3H3/b11-10+. The van der Waals surface area contributed by atoms with E-state index in [0.29, 0.717) is 0 Å². The van der Waals surface area contributed by atoms with E-state index in [1.807, 2.05) is 19.1 Å². The van der Waals surface area contributed by atoms with Crippen LogP contribution in [-0.4, -0.2) is 0 Å². The zero-order chi connectivity index (χ0) is 9.40. The predicted molar refractivity (Wildman–Crippen MR) is 56.3 cm³/mol. The minimum absolute atomic E-state index is 0.764. The van der Waals surface area contributed by atoms with E-state index in [-0.39, 0.29) is 0 Å². The Morgan fingerprint density at radius 3 is 2.75 bits per heavy atom. The third-order valence-electron chi connectivity index (χ3n) is 1.39. The van der Waals surface area contributed by atoms with Gasteiger partial charge in [0.05, 0.1) is 0 Å². The van der Waals surface area contributed by atoms with Crippen LogP contribution in [0.15, 0.2) is 41.1 Å². The molecule has 66 valence electrons. The fourth-order valence-electron chi connectivity index (χ4n) is 0.687. The van der Waals surface area contributed by atoms with Crippen LogP contribution < -0.4 is 0 Å². The number of rotatable bonds is 4. The van der Waals surface area contributed by atoms with Crippen LogP contribution in [0.4, 0.5) is 0 Å². The lowest BCUT2D eigenvalue weighted by molar-refractivity contribution is 1.20. The van der Waals surface area contributed by atoms with Gasteiger partial charge in [-0.15, -0.1) is 12.3 Å². The second-order valence-corrected chi connectivity index (χ2v) is 2.95. The summed E-state index contributed by atoms with van der Waals surface area (Å²) in [5, 5.41) is 0.764. The molecule has 0 saturated carbocycles. The van der Waals surface area contributed by atoms with E-state index in [2.05, 4.69) is 19.2 Å². The summed E-state index contributed by atoms with van der Waals surface area (Å²) in [6.07, 6.45) is 7.41. The fraction of sp³-hybridized carbons (Fsp3) is 0.364. The Kier molecular flexibility index (Phi) is 6.55.